The monoisotopic (exact) mass is 662 g/mol. The van der Waals surface area contributed by atoms with E-state index in [1.807, 2.05) is 0 Å². The predicted molar refractivity (Wildman–Crippen MR) is 193 cm³/mol. The van der Waals surface area contributed by atoms with Crippen molar-refractivity contribution in [3.8, 4) is 17.2 Å². The first-order chi connectivity index (χ1) is 24.1. The van der Waals surface area contributed by atoms with Gasteiger partial charge in [0.1, 0.15) is 11.9 Å². The lowest BCUT2D eigenvalue weighted by atomic mass is 9.50. The summed E-state index contributed by atoms with van der Waals surface area (Å²) in [6, 6.07) is 23.6. The molecule has 8 rings (SSSR count). The Labute approximate surface area is 292 Å². The summed E-state index contributed by atoms with van der Waals surface area (Å²) in [5, 5.41) is 11.4. The van der Waals surface area contributed by atoms with Gasteiger partial charge in [0, 0.05) is 48.2 Å². The Kier molecular flexibility index (Phi) is 9.35. The molecule has 2 bridgehead atoms. The topological polar surface area (TPSA) is 62.2 Å². The van der Waals surface area contributed by atoms with Crippen molar-refractivity contribution in [2.45, 2.75) is 113 Å². The molecule has 3 fully saturated rings. The van der Waals surface area contributed by atoms with Crippen LogP contribution in [0.25, 0.3) is 0 Å². The second-order valence-electron chi connectivity index (χ2n) is 15.6. The summed E-state index contributed by atoms with van der Waals surface area (Å²) in [5.74, 6) is 3.41. The number of phenolic OH excluding ortho intramolecular Hbond substituents is 1. The molecule has 3 aliphatic carbocycles. The number of phenols is 1. The molecule has 0 unspecified atom stereocenters. The van der Waals surface area contributed by atoms with E-state index < -0.39 is 0 Å². The van der Waals surface area contributed by atoms with E-state index in [0.29, 0.717) is 29.9 Å². The number of aromatic hydroxyl groups is 1. The Balaban J connectivity index is 1.05. The number of amides is 1. The predicted octanol–water partition coefficient (Wildman–Crippen LogP) is 7.87. The first-order valence-corrected chi connectivity index (χ1v) is 19.3. The van der Waals surface area contributed by atoms with E-state index in [2.05, 4.69) is 70.5 Å². The fraction of sp³-hybridized carbons (Fsp3) is 0.558. The number of likely N-dealkylation sites (tertiary alicyclic amines) is 1. The Morgan fingerprint density at radius 3 is 2.35 bits per heavy atom. The molecule has 2 aliphatic heterocycles. The van der Waals surface area contributed by atoms with Crippen LogP contribution in [0.3, 0.4) is 0 Å². The van der Waals surface area contributed by atoms with Gasteiger partial charge in [0.25, 0.3) is 0 Å². The molecule has 5 atom stereocenters. The molecule has 1 amide bonds. The SMILES string of the molecule is COc1cc(O)c2c3c1O[C@H]1[C@@H](N(CCCCc4ccccc4)C(=O)CCCCCc4ccccc4)CC[C@H]4[C@@H](C2)N(CC2CC2)CC[C@@]341. The molecule has 6 heteroatoms. The van der Waals surface area contributed by atoms with Crippen LogP contribution in [-0.4, -0.2) is 65.7 Å². The molecule has 1 spiro atoms. The van der Waals surface area contributed by atoms with Crippen molar-refractivity contribution in [2.75, 3.05) is 26.7 Å². The number of methoxy groups -OCH3 is 1. The summed E-state index contributed by atoms with van der Waals surface area (Å²) in [6.45, 7) is 3.01. The van der Waals surface area contributed by atoms with E-state index in [9.17, 15) is 9.90 Å². The largest absolute Gasteiger partial charge is 0.508 e. The number of benzene rings is 3. The molecule has 3 aromatic rings. The maximum Gasteiger partial charge on any atom is 0.222 e. The lowest BCUT2D eigenvalue weighted by molar-refractivity contribution is -0.143. The fourth-order valence-electron chi connectivity index (χ4n) is 10.3. The molecule has 6 nitrogen and oxygen atoms in total. The summed E-state index contributed by atoms with van der Waals surface area (Å²) < 4.78 is 13.0. The number of carbonyl (C=O) groups is 1. The van der Waals surface area contributed by atoms with Gasteiger partial charge in [-0.3, -0.25) is 9.69 Å². The standard InChI is InChI=1S/C43H54N2O4/c1-48-38-28-37(46)33-27-36-34-22-23-35(42-43(34,40(33)41(38)49-42)24-26-44(36)29-32-20-21-32)45(25-12-11-18-31-15-7-3-8-16-31)39(47)19-10-4-9-17-30-13-5-2-6-14-30/h2-3,5-8,13-16,28,32,34-36,42,46H,4,9-12,17-27,29H2,1H3/t34-,35-,36+,42-,43-/m0/s1. The molecular formula is C43H54N2O4. The normalized spacial score (nSPS) is 26.6. The lowest BCUT2D eigenvalue weighted by Crippen LogP contribution is -2.69. The Hall–Kier alpha value is -3.51. The summed E-state index contributed by atoms with van der Waals surface area (Å²) in [5.41, 5.74) is 4.82. The molecule has 260 valence electrons. The van der Waals surface area contributed by atoms with Crippen LogP contribution in [0.1, 0.15) is 92.9 Å². The summed E-state index contributed by atoms with van der Waals surface area (Å²) in [7, 11) is 1.68. The van der Waals surface area contributed by atoms with E-state index in [1.54, 1.807) is 13.2 Å². The smallest absolute Gasteiger partial charge is 0.222 e. The summed E-state index contributed by atoms with van der Waals surface area (Å²) >= 11 is 0. The molecule has 3 aromatic carbocycles. The molecule has 2 saturated carbocycles. The maximum atomic E-state index is 14.4. The highest BCUT2D eigenvalue weighted by atomic mass is 16.5. The van der Waals surface area contributed by atoms with Crippen LogP contribution in [0.5, 0.6) is 17.2 Å². The zero-order valence-corrected chi connectivity index (χ0v) is 29.3. The number of aryl methyl sites for hydroxylation is 2. The van der Waals surface area contributed by atoms with Gasteiger partial charge in [-0.05, 0) is 107 Å². The Morgan fingerprint density at radius 2 is 1.65 bits per heavy atom. The molecule has 49 heavy (non-hydrogen) atoms. The second kappa shape index (κ2) is 14.0. The molecule has 1 saturated heterocycles. The van der Waals surface area contributed by atoms with Crippen molar-refractivity contribution in [1.82, 2.24) is 9.80 Å². The quantitative estimate of drug-likeness (QED) is 0.168. The second-order valence-corrected chi connectivity index (χ2v) is 15.6. The van der Waals surface area contributed by atoms with E-state index >= 15 is 0 Å². The van der Waals surface area contributed by atoms with E-state index in [0.717, 1.165) is 101 Å². The minimum atomic E-state index is -0.194. The van der Waals surface area contributed by atoms with Gasteiger partial charge in [-0.15, -0.1) is 0 Å². The van der Waals surface area contributed by atoms with Gasteiger partial charge in [-0.2, -0.15) is 0 Å². The van der Waals surface area contributed by atoms with E-state index in [-0.39, 0.29) is 23.5 Å². The molecular weight excluding hydrogens is 608 g/mol. The van der Waals surface area contributed by atoms with Gasteiger partial charge in [-0.1, -0.05) is 67.1 Å². The van der Waals surface area contributed by atoms with Crippen molar-refractivity contribution >= 4 is 5.91 Å². The third-order valence-corrected chi connectivity index (χ3v) is 12.8. The average Bonchev–Trinajstić information content (AvgIpc) is 3.89. The van der Waals surface area contributed by atoms with Crippen molar-refractivity contribution in [3.63, 3.8) is 0 Å². The van der Waals surface area contributed by atoms with Crippen LogP contribution in [-0.2, 0) is 29.5 Å². The minimum Gasteiger partial charge on any atom is -0.508 e. The van der Waals surface area contributed by atoms with Crippen molar-refractivity contribution in [1.29, 1.82) is 0 Å². The number of hydrogen-bond acceptors (Lipinski definition) is 5. The number of hydrogen-bond donors (Lipinski definition) is 1. The number of nitrogens with zero attached hydrogens (tertiary/aromatic N) is 2. The van der Waals surface area contributed by atoms with Crippen LogP contribution in [0.15, 0.2) is 66.7 Å². The van der Waals surface area contributed by atoms with Crippen LogP contribution in [0.2, 0.25) is 0 Å². The number of piperidine rings is 1. The maximum absolute atomic E-state index is 14.4. The molecule has 0 aromatic heterocycles. The number of ether oxygens (including phenoxy) is 2. The van der Waals surface area contributed by atoms with Crippen LogP contribution >= 0.6 is 0 Å². The third kappa shape index (κ3) is 6.24. The van der Waals surface area contributed by atoms with Crippen LogP contribution in [0.4, 0.5) is 0 Å². The van der Waals surface area contributed by atoms with Gasteiger partial charge in [0.2, 0.25) is 5.91 Å². The van der Waals surface area contributed by atoms with Crippen LogP contribution < -0.4 is 9.47 Å². The van der Waals surface area contributed by atoms with Gasteiger partial charge in [0.05, 0.1) is 13.2 Å². The first kappa shape index (κ1) is 32.7. The van der Waals surface area contributed by atoms with Gasteiger partial charge < -0.3 is 19.5 Å². The van der Waals surface area contributed by atoms with Crippen molar-refractivity contribution < 1.29 is 19.4 Å². The summed E-state index contributed by atoms with van der Waals surface area (Å²) in [4.78, 5) is 19.4. The Morgan fingerprint density at radius 1 is 0.939 bits per heavy atom. The highest BCUT2D eigenvalue weighted by molar-refractivity contribution is 5.77. The zero-order valence-electron chi connectivity index (χ0n) is 29.3. The van der Waals surface area contributed by atoms with E-state index in [4.69, 9.17) is 9.47 Å². The minimum absolute atomic E-state index is 0.0191. The van der Waals surface area contributed by atoms with Crippen molar-refractivity contribution in [2.24, 2.45) is 11.8 Å². The summed E-state index contributed by atoms with van der Waals surface area (Å²) in [6.07, 6.45) is 14.4. The van der Waals surface area contributed by atoms with Crippen LogP contribution in [0, 0.1) is 11.8 Å². The zero-order chi connectivity index (χ0) is 33.4. The highest BCUT2D eigenvalue weighted by Crippen LogP contribution is 2.66. The molecule has 2 heterocycles. The third-order valence-electron chi connectivity index (χ3n) is 12.8. The Bertz CT molecular complexity index is 1610. The molecule has 0 radical (unpaired) electrons. The van der Waals surface area contributed by atoms with Crippen molar-refractivity contribution in [3.05, 3.63) is 89.0 Å². The first-order valence-electron chi connectivity index (χ1n) is 19.3. The van der Waals surface area contributed by atoms with E-state index in [1.165, 1.54) is 36.1 Å². The number of rotatable bonds is 15. The average molecular weight is 663 g/mol. The van der Waals surface area contributed by atoms with Gasteiger partial charge >= 0.3 is 0 Å². The fourth-order valence-corrected chi connectivity index (χ4v) is 10.3. The lowest BCUT2D eigenvalue weighted by Gasteiger charge is -2.60. The van der Waals surface area contributed by atoms with Gasteiger partial charge in [0.15, 0.2) is 11.5 Å². The molecule has 5 aliphatic rings. The van der Waals surface area contributed by atoms with Gasteiger partial charge in [-0.25, -0.2) is 0 Å². The molecule has 1 N–H and O–H groups in total. The number of carbonyl (C=O) groups excluding carboxylic acids is 1. The highest BCUT2D eigenvalue weighted by Gasteiger charge is 2.67. The number of unbranched alkanes of at least 4 members (excludes halogenated alkanes) is 3.